The first kappa shape index (κ1) is 25.1. The fourth-order valence-electron chi connectivity index (χ4n) is 11.0. The van der Waals surface area contributed by atoms with E-state index < -0.39 is 8.32 Å². The second-order valence-electron chi connectivity index (χ2n) is 14.8. The molecule has 0 N–H and O–H groups in total. The Morgan fingerprint density at radius 2 is 1.59 bits per heavy atom. The van der Waals surface area contributed by atoms with Crippen LogP contribution in [0.3, 0.4) is 0 Å². The number of rotatable bonds is 5. The SMILES string of the molecule is CC(C)[Si](O[C@H]1CC[C@@]2(C)C(=CC[C@H]3[C@@H]4[C@H]5C[C@H]5C(C)(C#N)[C@@]4(C)CC[C@@H]32)C1)(C(C)C)C(C)C. The van der Waals surface area contributed by atoms with Crippen LogP contribution in [0.15, 0.2) is 11.6 Å². The van der Waals surface area contributed by atoms with Crippen molar-refractivity contribution in [3.05, 3.63) is 11.6 Å². The fraction of sp³-hybridized carbons (Fsp3) is 0.903. The molecule has 0 aliphatic heterocycles. The van der Waals surface area contributed by atoms with Crippen LogP contribution in [0.25, 0.3) is 0 Å². The Kier molecular flexibility index (Phi) is 5.86. The van der Waals surface area contributed by atoms with Crippen LogP contribution in [0.2, 0.25) is 16.6 Å². The van der Waals surface area contributed by atoms with E-state index in [2.05, 4.69) is 74.5 Å². The summed E-state index contributed by atoms with van der Waals surface area (Å²) in [5.41, 5.74) is 4.20. The van der Waals surface area contributed by atoms with Crippen LogP contribution in [0, 0.1) is 57.2 Å². The summed E-state index contributed by atoms with van der Waals surface area (Å²) in [6.07, 6.45) is 12.0. The van der Waals surface area contributed by atoms with Crippen molar-refractivity contribution >= 4 is 8.32 Å². The van der Waals surface area contributed by atoms with E-state index in [1.165, 1.54) is 44.9 Å². The first-order valence-corrected chi connectivity index (χ1v) is 16.8. The van der Waals surface area contributed by atoms with Gasteiger partial charge in [-0.15, -0.1) is 0 Å². The minimum atomic E-state index is -1.84. The summed E-state index contributed by atoms with van der Waals surface area (Å²) >= 11 is 0. The Labute approximate surface area is 211 Å². The van der Waals surface area contributed by atoms with Gasteiger partial charge in [-0.2, -0.15) is 5.26 Å². The number of fused-ring (bicyclic) bond motifs is 7. The number of nitrogens with zero attached hydrogens (tertiary/aromatic N) is 1. The van der Waals surface area contributed by atoms with Gasteiger partial charge < -0.3 is 4.43 Å². The highest BCUT2D eigenvalue weighted by Crippen LogP contribution is 2.79. The highest BCUT2D eigenvalue weighted by molar-refractivity contribution is 6.77. The van der Waals surface area contributed by atoms with Gasteiger partial charge in [-0.3, -0.25) is 0 Å². The zero-order valence-corrected chi connectivity index (χ0v) is 24.6. The summed E-state index contributed by atoms with van der Waals surface area (Å²) in [6.45, 7) is 22.0. The topological polar surface area (TPSA) is 33.0 Å². The van der Waals surface area contributed by atoms with Gasteiger partial charge in [0.05, 0.1) is 11.5 Å². The van der Waals surface area contributed by atoms with E-state index in [1.54, 1.807) is 5.57 Å². The lowest BCUT2D eigenvalue weighted by molar-refractivity contribution is -0.0750. The molecule has 0 amide bonds. The van der Waals surface area contributed by atoms with E-state index in [1.807, 2.05) is 0 Å². The first-order chi connectivity index (χ1) is 15.9. The molecule has 0 spiro atoms. The average Bonchev–Trinajstić information content (AvgIpc) is 3.53. The Morgan fingerprint density at radius 3 is 2.18 bits per heavy atom. The molecule has 5 aliphatic carbocycles. The van der Waals surface area contributed by atoms with Gasteiger partial charge in [-0.25, -0.2) is 0 Å². The first-order valence-electron chi connectivity index (χ1n) is 14.6. The quantitative estimate of drug-likeness (QED) is 0.290. The van der Waals surface area contributed by atoms with Crippen molar-refractivity contribution in [3.8, 4) is 6.07 Å². The highest BCUT2D eigenvalue weighted by atomic mass is 28.4. The summed E-state index contributed by atoms with van der Waals surface area (Å²) < 4.78 is 7.31. The minimum Gasteiger partial charge on any atom is -0.413 e. The number of hydrogen-bond acceptors (Lipinski definition) is 2. The zero-order valence-electron chi connectivity index (χ0n) is 23.6. The van der Waals surface area contributed by atoms with E-state index in [4.69, 9.17) is 4.43 Å². The lowest BCUT2D eigenvalue weighted by atomic mass is 9.45. The lowest BCUT2D eigenvalue weighted by Crippen LogP contribution is -2.55. The molecule has 4 fully saturated rings. The van der Waals surface area contributed by atoms with Crippen LogP contribution in [-0.4, -0.2) is 14.4 Å². The van der Waals surface area contributed by atoms with Crippen LogP contribution >= 0.6 is 0 Å². The average molecular weight is 482 g/mol. The van der Waals surface area contributed by atoms with Crippen molar-refractivity contribution in [2.75, 3.05) is 0 Å². The molecule has 0 aromatic rings. The molecule has 5 aliphatic rings. The summed E-state index contributed by atoms with van der Waals surface area (Å²) in [5.74, 6) is 3.89. The fourth-order valence-corrected chi connectivity index (χ4v) is 16.6. The predicted molar refractivity (Wildman–Crippen MR) is 144 cm³/mol. The predicted octanol–water partition coefficient (Wildman–Crippen LogP) is 8.90. The van der Waals surface area contributed by atoms with E-state index >= 15 is 0 Å². The smallest absolute Gasteiger partial charge is 0.200 e. The van der Waals surface area contributed by atoms with Gasteiger partial charge in [0.15, 0.2) is 0 Å². The van der Waals surface area contributed by atoms with Crippen molar-refractivity contribution in [1.29, 1.82) is 5.26 Å². The molecule has 0 saturated heterocycles. The minimum absolute atomic E-state index is 0.0950. The summed E-state index contributed by atoms with van der Waals surface area (Å²) in [6, 6.07) is 2.86. The second-order valence-corrected chi connectivity index (χ2v) is 20.2. The maximum Gasteiger partial charge on any atom is 0.200 e. The Morgan fingerprint density at radius 1 is 0.941 bits per heavy atom. The number of nitriles is 1. The number of allylic oxidation sites excluding steroid dienone is 1. The third-order valence-corrected chi connectivity index (χ3v) is 19.0. The molecule has 190 valence electrons. The van der Waals surface area contributed by atoms with Crippen LogP contribution in [0.4, 0.5) is 0 Å². The molecule has 2 nitrogen and oxygen atoms in total. The molecule has 5 rings (SSSR count). The molecule has 0 aromatic heterocycles. The summed E-state index contributed by atoms with van der Waals surface area (Å²) in [5, 5.41) is 10.2. The van der Waals surface area contributed by atoms with Gasteiger partial charge in [0.1, 0.15) is 0 Å². The summed E-state index contributed by atoms with van der Waals surface area (Å²) in [7, 11) is -1.84. The molecule has 3 heteroatoms. The van der Waals surface area contributed by atoms with E-state index in [0.717, 1.165) is 23.7 Å². The zero-order chi connectivity index (χ0) is 24.8. The number of hydrogen-bond donors (Lipinski definition) is 0. The molecule has 1 unspecified atom stereocenters. The lowest BCUT2D eigenvalue weighted by Gasteiger charge is -2.60. The van der Waals surface area contributed by atoms with Crippen LogP contribution in [0.5, 0.6) is 0 Å². The van der Waals surface area contributed by atoms with E-state index in [9.17, 15) is 5.26 Å². The van der Waals surface area contributed by atoms with Crippen molar-refractivity contribution in [2.24, 2.45) is 45.8 Å². The van der Waals surface area contributed by atoms with Crippen LogP contribution in [0.1, 0.15) is 107 Å². The molecule has 4 saturated carbocycles. The molecule has 34 heavy (non-hydrogen) atoms. The van der Waals surface area contributed by atoms with Crippen LogP contribution in [-0.2, 0) is 4.43 Å². The molecule has 0 heterocycles. The Bertz CT molecular complexity index is 878. The van der Waals surface area contributed by atoms with Crippen molar-refractivity contribution in [3.63, 3.8) is 0 Å². The van der Waals surface area contributed by atoms with Gasteiger partial charge in [-0.05, 0) is 109 Å². The second kappa shape index (κ2) is 7.95. The third-order valence-electron chi connectivity index (χ3n) is 12.8. The van der Waals surface area contributed by atoms with Gasteiger partial charge in [0.2, 0.25) is 8.32 Å². The van der Waals surface area contributed by atoms with Gasteiger partial charge in [0.25, 0.3) is 0 Å². The molecular weight excluding hydrogens is 430 g/mol. The Hall–Kier alpha value is -0.593. The van der Waals surface area contributed by atoms with E-state index in [-0.39, 0.29) is 10.8 Å². The largest absolute Gasteiger partial charge is 0.413 e. The van der Waals surface area contributed by atoms with Gasteiger partial charge in [0, 0.05) is 6.10 Å². The molecule has 0 bridgehead atoms. The molecule has 0 aromatic carbocycles. The van der Waals surface area contributed by atoms with E-state index in [0.29, 0.717) is 34.1 Å². The van der Waals surface area contributed by atoms with Crippen LogP contribution < -0.4 is 0 Å². The van der Waals surface area contributed by atoms with Crippen molar-refractivity contribution in [1.82, 2.24) is 0 Å². The monoisotopic (exact) mass is 481 g/mol. The third kappa shape index (κ3) is 3.06. The highest BCUT2D eigenvalue weighted by Gasteiger charge is 2.75. The maximum absolute atomic E-state index is 10.2. The normalized spacial score (nSPS) is 47.6. The standard InChI is InChI=1S/C31H51NOSi/c1-19(2)34(20(3)4,21(5)6)33-23-12-14-29(7)22(16-23)10-11-24-26(29)13-15-30(8)28(24)25-17-27(25)31(30,9)18-32/h10,19-21,23-28H,11-17H2,1-9H3/t23-,24+,25-,26-,27+,28+,29-,30-,31?/m0/s1. The molecule has 0 radical (unpaired) electrons. The van der Waals surface area contributed by atoms with Crippen molar-refractivity contribution in [2.45, 2.75) is 130 Å². The van der Waals surface area contributed by atoms with Crippen molar-refractivity contribution < 1.29 is 4.43 Å². The van der Waals surface area contributed by atoms with Gasteiger partial charge >= 0.3 is 0 Å². The maximum atomic E-state index is 10.2. The Balaban J connectivity index is 1.39. The van der Waals surface area contributed by atoms with Gasteiger partial charge in [-0.1, -0.05) is 67.0 Å². The molecule has 9 atom stereocenters. The molecular formula is C31H51NOSi. The summed E-state index contributed by atoms with van der Waals surface area (Å²) in [4.78, 5) is 0.